The van der Waals surface area contributed by atoms with Crippen molar-refractivity contribution < 1.29 is 58.7 Å². The third-order valence-corrected chi connectivity index (χ3v) is 6.64. The molecule has 1 atom stereocenters. The van der Waals surface area contributed by atoms with Crippen molar-refractivity contribution in [3.05, 3.63) is 64.4 Å². The Bertz CT molecular complexity index is 693. The van der Waals surface area contributed by atoms with Gasteiger partial charge in [-0.3, -0.25) is 0 Å². The van der Waals surface area contributed by atoms with Gasteiger partial charge in [-0.1, -0.05) is 0 Å². The van der Waals surface area contributed by atoms with Crippen molar-refractivity contribution in [1.82, 2.24) is 0 Å². The van der Waals surface area contributed by atoms with Crippen LogP contribution in [0.25, 0.3) is 6.08 Å². The maximum Gasteiger partial charge on any atom is -1.00 e. The van der Waals surface area contributed by atoms with Crippen LogP contribution in [0.15, 0.2) is 53.3 Å². The van der Waals surface area contributed by atoms with E-state index in [1.807, 2.05) is 0 Å². The fraction of sp³-hybridized carbons (Fsp3) is 0.368. The molecule has 0 saturated heterocycles. The molecule has 0 heterocycles. The summed E-state index contributed by atoms with van der Waals surface area (Å²) < 4.78 is 12.4. The number of fused-ring (bicyclic) bond motifs is 1. The zero-order chi connectivity index (χ0) is 16.4. The smallest absolute Gasteiger partial charge is 1.00 e. The molecule has 1 aromatic carbocycles. The molecule has 2 aliphatic carbocycles. The fourth-order valence-corrected chi connectivity index (χ4v) is 4.94. The van der Waals surface area contributed by atoms with Crippen LogP contribution in [0, 0.1) is 0 Å². The minimum atomic E-state index is -1.45. The van der Waals surface area contributed by atoms with E-state index in [1.54, 1.807) is 0 Å². The summed E-state index contributed by atoms with van der Waals surface area (Å²) in [4.78, 5) is 0. The van der Waals surface area contributed by atoms with Crippen molar-refractivity contribution in [3.8, 4) is 0 Å². The normalized spacial score (nSPS) is 18.4. The maximum atomic E-state index is 6.03. The number of hydrogen-bond donors (Lipinski definition) is 0. The van der Waals surface area contributed by atoms with Crippen LogP contribution in [0.4, 0.5) is 0 Å². The van der Waals surface area contributed by atoms with Crippen LogP contribution in [0.1, 0.15) is 21.2 Å². The molecule has 0 spiro atoms. The summed E-state index contributed by atoms with van der Waals surface area (Å²) in [6.07, 6.45) is 7.65. The number of hydrogen-bond acceptors (Lipinski definition) is 2. The van der Waals surface area contributed by atoms with Gasteiger partial charge in [0.2, 0.25) is 0 Å². The van der Waals surface area contributed by atoms with Gasteiger partial charge in [-0.2, -0.15) is 0 Å². The van der Waals surface area contributed by atoms with Crippen LogP contribution in [0.2, 0.25) is 19.6 Å². The Kier molecular flexibility index (Phi) is 8.90. The van der Waals surface area contributed by atoms with E-state index < -0.39 is 8.32 Å². The second-order valence-corrected chi connectivity index (χ2v) is 12.9. The summed E-state index contributed by atoms with van der Waals surface area (Å²) in [6.45, 7) is 7.94. The van der Waals surface area contributed by atoms with Crippen molar-refractivity contribution in [3.63, 3.8) is 0 Å². The van der Waals surface area contributed by atoms with E-state index in [0.29, 0.717) is 16.8 Å². The first-order valence-electron chi connectivity index (χ1n) is 8.14. The number of halogens is 2. The van der Waals surface area contributed by atoms with Gasteiger partial charge in [0, 0.05) is 0 Å². The Hall–Kier alpha value is -0.120. The predicted molar refractivity (Wildman–Crippen MR) is 93.2 cm³/mol. The molecule has 0 bridgehead atoms. The largest absolute Gasteiger partial charge is 1.00 e. The molecule has 2 aliphatic rings. The molecule has 3 rings (SSSR count). The van der Waals surface area contributed by atoms with Crippen molar-refractivity contribution in [2.45, 2.75) is 29.7 Å². The van der Waals surface area contributed by atoms with Crippen LogP contribution < -0.4 is 24.8 Å². The van der Waals surface area contributed by atoms with Gasteiger partial charge in [0.1, 0.15) is 0 Å². The van der Waals surface area contributed by atoms with Gasteiger partial charge in [0.15, 0.2) is 0 Å². The molecule has 133 valence electrons. The van der Waals surface area contributed by atoms with Gasteiger partial charge in [0.05, 0.1) is 0 Å². The molecule has 0 radical (unpaired) electrons. The Morgan fingerprint density at radius 1 is 1.12 bits per heavy atom. The molecule has 1 aromatic rings. The molecule has 0 fully saturated rings. The van der Waals surface area contributed by atoms with Gasteiger partial charge in [-0.15, -0.1) is 0 Å². The fourth-order valence-electron chi connectivity index (χ4n) is 2.96. The quantitative estimate of drug-likeness (QED) is 0.380. The van der Waals surface area contributed by atoms with Gasteiger partial charge in [0.25, 0.3) is 0 Å². The van der Waals surface area contributed by atoms with E-state index in [1.165, 1.54) is 47.0 Å². The van der Waals surface area contributed by atoms with Crippen molar-refractivity contribution in [2.24, 2.45) is 0 Å². The number of benzene rings is 1. The SMILES string of the molecule is C[Si](C)(C)OCCOC1=C(C2=Cc3ccccc3[CH]2[Zr+2])CC=C1.[Cl-].[Cl-]. The summed E-state index contributed by atoms with van der Waals surface area (Å²) in [6, 6.07) is 8.72. The van der Waals surface area contributed by atoms with Gasteiger partial charge in [-0.25, -0.2) is 0 Å². The molecule has 6 heteroatoms. The average Bonchev–Trinajstić information content (AvgIpc) is 3.08. The predicted octanol–water partition coefficient (Wildman–Crippen LogP) is -1.24. The van der Waals surface area contributed by atoms with Gasteiger partial charge < -0.3 is 24.8 Å². The Morgan fingerprint density at radius 2 is 1.84 bits per heavy atom. The van der Waals surface area contributed by atoms with E-state index in [2.05, 4.69) is 62.1 Å². The molecule has 25 heavy (non-hydrogen) atoms. The minimum Gasteiger partial charge on any atom is -1.00 e. The molecule has 0 aliphatic heterocycles. The molecule has 0 N–H and O–H groups in total. The van der Waals surface area contributed by atoms with Crippen LogP contribution in [-0.2, 0) is 33.9 Å². The van der Waals surface area contributed by atoms with Crippen LogP contribution >= 0.6 is 0 Å². The topological polar surface area (TPSA) is 18.5 Å². The van der Waals surface area contributed by atoms with E-state index in [9.17, 15) is 0 Å². The van der Waals surface area contributed by atoms with Gasteiger partial charge >= 0.3 is 156 Å². The third kappa shape index (κ3) is 5.68. The molecular weight excluding hydrogens is 450 g/mol. The van der Waals surface area contributed by atoms with Crippen molar-refractivity contribution in [2.75, 3.05) is 13.2 Å². The zero-order valence-electron chi connectivity index (χ0n) is 14.8. The molecule has 2 nitrogen and oxygen atoms in total. The van der Waals surface area contributed by atoms with E-state index in [0.717, 1.165) is 12.2 Å². The number of ether oxygens (including phenoxy) is 1. The first-order valence-corrected chi connectivity index (χ1v) is 13.0. The van der Waals surface area contributed by atoms with Crippen LogP contribution in [0.3, 0.4) is 0 Å². The van der Waals surface area contributed by atoms with Crippen molar-refractivity contribution >= 4 is 14.4 Å². The summed E-state index contributed by atoms with van der Waals surface area (Å²) in [5.41, 5.74) is 5.62. The Balaban J connectivity index is 0.00000156. The minimum absolute atomic E-state index is 0. The third-order valence-electron chi connectivity index (χ3n) is 4.04. The van der Waals surface area contributed by atoms with Crippen LogP contribution in [-0.4, -0.2) is 21.5 Å². The Labute approximate surface area is 179 Å². The summed E-state index contributed by atoms with van der Waals surface area (Å²) >= 11 is 1.54. The van der Waals surface area contributed by atoms with E-state index in [4.69, 9.17) is 9.16 Å². The molecule has 1 unspecified atom stereocenters. The number of rotatable bonds is 6. The molecule has 0 amide bonds. The maximum absolute atomic E-state index is 6.03. The number of allylic oxidation sites excluding steroid dienone is 4. The summed E-state index contributed by atoms with van der Waals surface area (Å²) in [5, 5.41) is 0. The van der Waals surface area contributed by atoms with Crippen LogP contribution in [0.5, 0.6) is 0 Å². The molecular formula is C19H23Cl2O2SiZr. The second-order valence-electron chi connectivity index (χ2n) is 6.92. The van der Waals surface area contributed by atoms with Gasteiger partial charge in [-0.05, 0) is 0 Å². The molecule has 0 aromatic heterocycles. The summed E-state index contributed by atoms with van der Waals surface area (Å²) in [7, 11) is -1.45. The first-order chi connectivity index (χ1) is 11.0. The van der Waals surface area contributed by atoms with Crippen molar-refractivity contribution in [1.29, 1.82) is 0 Å². The Morgan fingerprint density at radius 3 is 2.52 bits per heavy atom. The monoisotopic (exact) mass is 471 g/mol. The van der Waals surface area contributed by atoms with E-state index in [-0.39, 0.29) is 24.8 Å². The standard InChI is InChI=1S/C19H23O2Si.2ClH.Zr/c1-22(2,3)21-12-11-20-19-10-6-9-18(19)17-13-15-7-4-5-8-16(15)14-17;;;/h4-8,10,13-14H,9,11-12H2,1-3H3;2*1H;/q;;;+2/p-2. The second kappa shape index (κ2) is 9.71. The average molecular weight is 474 g/mol. The van der Waals surface area contributed by atoms with E-state index >= 15 is 0 Å². The molecule has 0 saturated carbocycles. The summed E-state index contributed by atoms with van der Waals surface area (Å²) in [5.74, 6) is 1.04. The zero-order valence-corrected chi connectivity index (χ0v) is 19.8. The first kappa shape index (κ1) is 22.9.